The third-order valence-electron chi connectivity index (χ3n) is 0.397. The van der Waals surface area contributed by atoms with E-state index in [9.17, 15) is 4.79 Å². The number of carboxylic acids is 1. The molecule has 1 unspecified atom stereocenters. The van der Waals surface area contributed by atoms with Gasteiger partial charge in [0.25, 0.3) is 0 Å². The van der Waals surface area contributed by atoms with Crippen molar-refractivity contribution in [3.63, 3.8) is 0 Å². The molecule has 0 saturated heterocycles. The fourth-order valence-electron chi connectivity index (χ4n) is 0.0676. The van der Waals surface area contributed by atoms with E-state index in [1.165, 1.54) is 0 Å². The van der Waals surface area contributed by atoms with Gasteiger partial charge >= 0.3 is 5.97 Å². The molecular formula is C3H7NO3. The zero-order valence-corrected chi connectivity index (χ0v) is 3.46. The van der Waals surface area contributed by atoms with Crippen LogP contribution >= 0.6 is 0 Å². The van der Waals surface area contributed by atoms with Gasteiger partial charge in [-0.25, -0.2) is 0 Å². The van der Waals surface area contributed by atoms with E-state index >= 15 is 0 Å². The Labute approximate surface area is 44.9 Å². The van der Waals surface area contributed by atoms with E-state index in [4.69, 9.17) is 14.4 Å². The second-order valence-electron chi connectivity index (χ2n) is 0.910. The van der Waals surface area contributed by atoms with Crippen LogP contribution in [-0.2, 0) is 4.79 Å². The van der Waals surface area contributed by atoms with E-state index in [-0.39, 0.29) is 5.72 Å². The molecule has 0 aromatic heterocycles. The third kappa shape index (κ3) is 2.13. The molecule has 4 heteroatoms. The Morgan fingerprint density at radius 1 is 2.29 bits per heavy atom. The van der Waals surface area contributed by atoms with Crippen molar-refractivity contribution in [3.05, 3.63) is 0 Å². The molecule has 0 aliphatic carbocycles. The number of hydrogen-bond donors (Lipinski definition) is 3. The van der Waals surface area contributed by atoms with Gasteiger partial charge in [-0.3, -0.25) is 4.79 Å². The summed E-state index contributed by atoms with van der Waals surface area (Å²) in [5, 5.41) is 16.4. The summed E-state index contributed by atoms with van der Waals surface area (Å²) < 4.78 is 19.6. The summed E-state index contributed by atoms with van der Waals surface area (Å²) in [5.74, 6) is -1.72. The Morgan fingerprint density at radius 3 is 2.86 bits per heavy atom. The lowest BCUT2D eigenvalue weighted by atomic mass is 10.3. The lowest BCUT2D eigenvalue weighted by Gasteiger charge is -1.96. The molecule has 0 radical (unpaired) electrons. The largest absolute Gasteiger partial charge is 0.480 e. The number of aliphatic hydroxyl groups excluding tert-OH is 1. The normalized spacial score (nSPS) is 24.6. The molecule has 0 rings (SSSR count). The van der Waals surface area contributed by atoms with Gasteiger partial charge < -0.3 is 15.9 Å². The van der Waals surface area contributed by atoms with Gasteiger partial charge in [0.15, 0.2) is 0 Å². The van der Waals surface area contributed by atoms with Crippen LogP contribution in [0.4, 0.5) is 0 Å². The minimum Gasteiger partial charge on any atom is -0.480 e. The second kappa shape index (κ2) is 2.54. The smallest absolute Gasteiger partial charge is 0.322 e. The predicted molar refractivity (Wildman–Crippen MR) is 22.7 cm³/mol. The topological polar surface area (TPSA) is 83.5 Å². The van der Waals surface area contributed by atoms with Crippen LogP contribution in [0, 0.1) is 0 Å². The van der Waals surface area contributed by atoms with Gasteiger partial charge in [-0.05, 0) is 0 Å². The van der Waals surface area contributed by atoms with Crippen molar-refractivity contribution in [2.75, 3.05) is 6.61 Å². The fourth-order valence-corrected chi connectivity index (χ4v) is 0.0676. The first-order chi connectivity index (χ1) is 4.45. The van der Waals surface area contributed by atoms with Crippen molar-refractivity contribution >= 4 is 5.97 Å². The molecule has 42 valence electrons. The molecule has 0 saturated carbocycles. The zero-order valence-electron chi connectivity index (χ0n) is 6.46. The number of carbonyl (C=O) groups is 1. The van der Waals surface area contributed by atoms with Crippen LogP contribution in [0.1, 0.15) is 1.37 Å². The molecule has 0 heterocycles. The summed E-state index contributed by atoms with van der Waals surface area (Å²) in [5.41, 5.74) is -0.366. The van der Waals surface area contributed by atoms with Crippen LogP contribution in [0.5, 0.6) is 0 Å². The third-order valence-corrected chi connectivity index (χ3v) is 0.397. The summed E-state index contributed by atoms with van der Waals surface area (Å²) in [6, 6.07) is -2.57. The summed E-state index contributed by atoms with van der Waals surface area (Å²) in [6.07, 6.45) is 0. The first-order valence-corrected chi connectivity index (χ1v) is 1.57. The number of nitrogens with two attached hydrogens (primary N) is 1. The number of rotatable bonds is 3. The Bertz CT molecular complexity index is 141. The maximum Gasteiger partial charge on any atom is 0.322 e. The first kappa shape index (κ1) is 2.64. The van der Waals surface area contributed by atoms with E-state index in [1.54, 1.807) is 0 Å². The van der Waals surface area contributed by atoms with Crippen molar-refractivity contribution in [1.29, 1.82) is 0 Å². The van der Waals surface area contributed by atoms with Gasteiger partial charge in [-0.2, -0.15) is 0 Å². The fraction of sp³-hybridized carbons (Fsp3) is 0.667. The van der Waals surface area contributed by atoms with Gasteiger partial charge in [0, 0.05) is 0 Å². The maximum atomic E-state index is 10.1. The monoisotopic (exact) mass is 108 g/mol. The molecule has 0 amide bonds. The lowest BCUT2D eigenvalue weighted by Crippen LogP contribution is -2.33. The maximum absolute atomic E-state index is 10.1. The highest BCUT2D eigenvalue weighted by Gasteiger charge is 2.06. The standard InChI is InChI=1S/C3H7NO3/c4-2(1-5)3(6)7/h2,5H,1,4H2,(H,6,7)/i2D/hD2. The molecular weight excluding hydrogens is 98.0 g/mol. The molecule has 0 aliphatic rings. The van der Waals surface area contributed by atoms with Gasteiger partial charge in [0.05, 0.1) is 7.98 Å². The molecule has 0 bridgehead atoms. The lowest BCUT2D eigenvalue weighted by molar-refractivity contribution is -0.139. The van der Waals surface area contributed by atoms with Gasteiger partial charge in [0.2, 0.25) is 0 Å². The van der Waals surface area contributed by atoms with Gasteiger partial charge in [-0.15, -0.1) is 0 Å². The van der Waals surface area contributed by atoms with E-state index in [0.29, 0.717) is 0 Å². The molecule has 7 heavy (non-hydrogen) atoms. The van der Waals surface area contributed by atoms with Gasteiger partial charge in [-0.1, -0.05) is 0 Å². The Hall–Kier alpha value is -0.610. The minimum absolute atomic E-state index is 0.366. The SMILES string of the molecule is [2H]N([2H])C([2H])(CO)C(=O)O. The molecule has 0 aromatic rings. The quantitative estimate of drug-likeness (QED) is 0.406. The molecule has 4 nitrogen and oxygen atoms in total. The van der Waals surface area contributed by atoms with Crippen LogP contribution < -0.4 is 5.72 Å². The van der Waals surface area contributed by atoms with Crippen LogP contribution in [0.3, 0.4) is 0 Å². The number of aliphatic carboxylic acids is 1. The highest BCUT2D eigenvalue weighted by atomic mass is 16.4. The highest BCUT2D eigenvalue weighted by molar-refractivity contribution is 5.73. The molecule has 0 aromatic carbocycles. The van der Waals surface area contributed by atoms with Crippen LogP contribution in [0.2, 0.25) is 2.82 Å². The van der Waals surface area contributed by atoms with E-state index in [1.807, 2.05) is 0 Å². The Balaban J connectivity index is 4.38. The van der Waals surface area contributed by atoms with E-state index in [2.05, 4.69) is 0 Å². The van der Waals surface area contributed by atoms with E-state index in [0.717, 1.165) is 0 Å². The van der Waals surface area contributed by atoms with Crippen molar-refractivity contribution < 1.29 is 19.2 Å². The molecule has 1 atom stereocenters. The van der Waals surface area contributed by atoms with Crippen molar-refractivity contribution in [3.8, 4) is 0 Å². The number of aliphatic hydroxyl groups is 1. The second-order valence-corrected chi connectivity index (χ2v) is 0.910. The van der Waals surface area contributed by atoms with Crippen molar-refractivity contribution in [1.82, 2.24) is 0 Å². The van der Waals surface area contributed by atoms with Crippen LogP contribution in [0.25, 0.3) is 0 Å². The molecule has 4 N–H and O–H groups in total. The van der Waals surface area contributed by atoms with Crippen molar-refractivity contribution in [2.24, 2.45) is 5.72 Å². The van der Waals surface area contributed by atoms with Crippen LogP contribution in [-0.4, -0.2) is 28.8 Å². The predicted octanol–water partition coefficient (Wildman–Crippen LogP) is -1.61. The summed E-state index contributed by atoms with van der Waals surface area (Å²) in [4.78, 5) is 10.1. The Kier molecular flexibility index (Phi) is 0.958. The average molecular weight is 108 g/mol. The first-order valence-electron chi connectivity index (χ1n) is 2.97. The minimum atomic E-state index is -2.57. The Morgan fingerprint density at radius 2 is 2.86 bits per heavy atom. The molecule has 0 spiro atoms. The number of hydrogen-bond acceptors (Lipinski definition) is 3. The average Bonchev–Trinajstić information content (AvgIpc) is 1.85. The number of carboxylic acid groups (broad SMARTS) is 1. The summed E-state index contributed by atoms with van der Waals surface area (Å²) >= 11 is 0. The highest BCUT2D eigenvalue weighted by Crippen LogP contribution is 1.71. The zero-order chi connectivity index (χ0) is 8.36. The van der Waals surface area contributed by atoms with Crippen LogP contribution in [0.15, 0.2) is 0 Å². The van der Waals surface area contributed by atoms with Crippen molar-refractivity contribution in [2.45, 2.75) is 6.02 Å². The summed E-state index contributed by atoms with van der Waals surface area (Å²) in [7, 11) is 0. The van der Waals surface area contributed by atoms with Gasteiger partial charge in [0.1, 0.15) is 8.84 Å². The molecule has 0 fully saturated rings. The summed E-state index contributed by atoms with van der Waals surface area (Å²) in [6.45, 7) is -1.09. The van der Waals surface area contributed by atoms with E-state index < -0.39 is 18.6 Å². The molecule has 0 aliphatic heterocycles.